The fraction of sp³-hybridized carbons (Fsp3) is 0.538. The van der Waals surface area contributed by atoms with Gasteiger partial charge in [0.2, 0.25) is 0 Å². The molecule has 90 valence electrons. The third kappa shape index (κ3) is 5.27. The first-order valence-corrected chi connectivity index (χ1v) is 6.88. The van der Waals surface area contributed by atoms with E-state index in [0.29, 0.717) is 0 Å². The molecule has 0 bridgehead atoms. The highest BCUT2D eigenvalue weighted by atomic mass is 127. The van der Waals surface area contributed by atoms with Crippen molar-refractivity contribution >= 4 is 22.6 Å². The van der Waals surface area contributed by atoms with E-state index in [1.54, 1.807) is 0 Å². The van der Waals surface area contributed by atoms with Crippen molar-refractivity contribution in [3.63, 3.8) is 0 Å². The van der Waals surface area contributed by atoms with Crippen molar-refractivity contribution in [1.29, 1.82) is 0 Å². The molecule has 2 nitrogen and oxygen atoms in total. The number of rotatable bonds is 7. The zero-order valence-electron chi connectivity index (χ0n) is 10.1. The minimum absolute atomic E-state index is 0.807. The van der Waals surface area contributed by atoms with Crippen molar-refractivity contribution in [2.45, 2.75) is 20.4 Å². The molecule has 0 atom stereocenters. The van der Waals surface area contributed by atoms with Crippen LogP contribution in [0.15, 0.2) is 24.3 Å². The van der Waals surface area contributed by atoms with Crippen LogP contribution in [0, 0.1) is 3.57 Å². The molecule has 16 heavy (non-hydrogen) atoms. The quantitative estimate of drug-likeness (QED) is 0.561. The van der Waals surface area contributed by atoms with Gasteiger partial charge in [-0.1, -0.05) is 19.1 Å². The molecular weight excluding hydrogens is 313 g/mol. The van der Waals surface area contributed by atoms with E-state index in [0.717, 1.165) is 32.8 Å². The zero-order chi connectivity index (χ0) is 11.8. The summed E-state index contributed by atoms with van der Waals surface area (Å²) < 4.78 is 6.67. The highest BCUT2D eigenvalue weighted by molar-refractivity contribution is 14.1. The van der Waals surface area contributed by atoms with Crippen LogP contribution in [0.3, 0.4) is 0 Å². The van der Waals surface area contributed by atoms with Gasteiger partial charge in [0, 0.05) is 23.3 Å². The Balaban J connectivity index is 2.40. The highest BCUT2D eigenvalue weighted by Gasteiger charge is 2.03. The Hall–Kier alpha value is -0.130. The van der Waals surface area contributed by atoms with Crippen LogP contribution in [0.5, 0.6) is 0 Å². The molecule has 0 aromatic heterocycles. The molecule has 1 rings (SSSR count). The van der Waals surface area contributed by atoms with Crippen LogP contribution in [-0.2, 0) is 11.3 Å². The third-order valence-electron chi connectivity index (χ3n) is 2.52. The molecule has 0 unspecified atom stereocenters. The summed E-state index contributed by atoms with van der Waals surface area (Å²) in [5.41, 5.74) is 1.37. The molecule has 0 aliphatic heterocycles. The number of nitrogens with zero attached hydrogens (tertiary/aromatic N) is 1. The van der Waals surface area contributed by atoms with Gasteiger partial charge in [-0.05, 0) is 53.8 Å². The normalized spacial score (nSPS) is 11.0. The minimum Gasteiger partial charge on any atom is -0.380 e. The number of hydrogen-bond acceptors (Lipinski definition) is 2. The third-order valence-corrected chi connectivity index (χ3v) is 3.24. The summed E-state index contributed by atoms with van der Waals surface area (Å²) in [6.07, 6.45) is 0. The van der Waals surface area contributed by atoms with Crippen molar-refractivity contribution < 1.29 is 4.74 Å². The topological polar surface area (TPSA) is 12.5 Å². The predicted octanol–water partition coefficient (Wildman–Crippen LogP) is 3.15. The Morgan fingerprint density at radius 3 is 2.44 bits per heavy atom. The lowest BCUT2D eigenvalue weighted by Gasteiger charge is -2.20. The second-order valence-corrected chi connectivity index (χ2v) is 4.94. The number of likely N-dealkylation sites (N-methyl/N-ethyl adjacent to an activating group) is 1. The second kappa shape index (κ2) is 8.03. The molecule has 0 heterocycles. The Kier molecular flexibility index (Phi) is 7.00. The van der Waals surface area contributed by atoms with Crippen LogP contribution in [-0.4, -0.2) is 31.2 Å². The first-order chi connectivity index (χ1) is 7.76. The van der Waals surface area contributed by atoms with Crippen LogP contribution in [0.1, 0.15) is 19.4 Å². The fourth-order valence-corrected chi connectivity index (χ4v) is 1.89. The molecule has 0 fully saturated rings. The Labute approximate surface area is 112 Å². The lowest BCUT2D eigenvalue weighted by molar-refractivity contribution is 0.113. The maximum atomic E-state index is 5.38. The molecule has 1 aromatic carbocycles. The molecular formula is C13H20INO. The van der Waals surface area contributed by atoms with Crippen LogP contribution in [0.2, 0.25) is 0 Å². The standard InChI is InChI=1S/C13H20INO/c1-3-15(9-10-16-4-2)11-12-5-7-13(14)8-6-12/h5-8H,3-4,9-11H2,1-2H3. The number of hydrogen-bond donors (Lipinski definition) is 0. The van der Waals surface area contributed by atoms with Gasteiger partial charge in [0.15, 0.2) is 0 Å². The van der Waals surface area contributed by atoms with Crippen molar-refractivity contribution in [2.24, 2.45) is 0 Å². The summed E-state index contributed by atoms with van der Waals surface area (Å²) >= 11 is 2.33. The summed E-state index contributed by atoms with van der Waals surface area (Å²) in [5, 5.41) is 0. The first kappa shape index (κ1) is 13.9. The van der Waals surface area contributed by atoms with E-state index >= 15 is 0 Å². The molecule has 0 spiro atoms. The van der Waals surface area contributed by atoms with Crippen LogP contribution in [0.4, 0.5) is 0 Å². The van der Waals surface area contributed by atoms with E-state index in [-0.39, 0.29) is 0 Å². The van der Waals surface area contributed by atoms with Gasteiger partial charge in [0.25, 0.3) is 0 Å². The largest absolute Gasteiger partial charge is 0.380 e. The lowest BCUT2D eigenvalue weighted by atomic mass is 10.2. The average molecular weight is 333 g/mol. The van der Waals surface area contributed by atoms with E-state index < -0.39 is 0 Å². The maximum Gasteiger partial charge on any atom is 0.0593 e. The van der Waals surface area contributed by atoms with Gasteiger partial charge < -0.3 is 4.74 Å². The minimum atomic E-state index is 0.807. The summed E-state index contributed by atoms with van der Waals surface area (Å²) in [6, 6.07) is 8.72. The van der Waals surface area contributed by atoms with Crippen LogP contribution >= 0.6 is 22.6 Å². The molecule has 0 radical (unpaired) electrons. The molecule has 0 N–H and O–H groups in total. The Bertz CT molecular complexity index is 286. The lowest BCUT2D eigenvalue weighted by Crippen LogP contribution is -2.27. The molecule has 0 saturated heterocycles. The van der Waals surface area contributed by atoms with Crippen LogP contribution in [0.25, 0.3) is 0 Å². The van der Waals surface area contributed by atoms with Gasteiger partial charge >= 0.3 is 0 Å². The number of benzene rings is 1. The number of halogens is 1. The second-order valence-electron chi connectivity index (χ2n) is 3.69. The van der Waals surface area contributed by atoms with Gasteiger partial charge in [0.1, 0.15) is 0 Å². The SMILES string of the molecule is CCOCCN(CC)Cc1ccc(I)cc1. The summed E-state index contributed by atoms with van der Waals surface area (Å²) in [7, 11) is 0. The molecule has 0 aliphatic rings. The predicted molar refractivity (Wildman–Crippen MR) is 76.6 cm³/mol. The van der Waals surface area contributed by atoms with Gasteiger partial charge in [-0.3, -0.25) is 4.90 Å². The van der Waals surface area contributed by atoms with E-state index in [1.807, 2.05) is 6.92 Å². The van der Waals surface area contributed by atoms with Crippen molar-refractivity contribution in [3.05, 3.63) is 33.4 Å². The number of ether oxygens (including phenoxy) is 1. The first-order valence-electron chi connectivity index (χ1n) is 5.80. The van der Waals surface area contributed by atoms with Gasteiger partial charge in [-0.25, -0.2) is 0 Å². The van der Waals surface area contributed by atoms with E-state index in [4.69, 9.17) is 4.74 Å². The van der Waals surface area contributed by atoms with Gasteiger partial charge in [-0.2, -0.15) is 0 Å². The van der Waals surface area contributed by atoms with E-state index in [2.05, 4.69) is 58.7 Å². The van der Waals surface area contributed by atoms with E-state index in [9.17, 15) is 0 Å². The molecule has 0 amide bonds. The molecule has 0 aliphatic carbocycles. The molecule has 0 saturated carbocycles. The maximum absolute atomic E-state index is 5.38. The summed E-state index contributed by atoms with van der Waals surface area (Å²) in [5.74, 6) is 0. The van der Waals surface area contributed by atoms with Gasteiger partial charge in [0.05, 0.1) is 6.61 Å². The average Bonchev–Trinajstić information content (AvgIpc) is 2.31. The monoisotopic (exact) mass is 333 g/mol. The van der Waals surface area contributed by atoms with Crippen molar-refractivity contribution in [3.8, 4) is 0 Å². The molecule has 1 aromatic rings. The highest BCUT2D eigenvalue weighted by Crippen LogP contribution is 2.09. The smallest absolute Gasteiger partial charge is 0.0593 e. The van der Waals surface area contributed by atoms with Crippen LogP contribution < -0.4 is 0 Å². The Morgan fingerprint density at radius 1 is 1.19 bits per heavy atom. The molecule has 3 heteroatoms. The Morgan fingerprint density at radius 2 is 1.88 bits per heavy atom. The van der Waals surface area contributed by atoms with Crippen molar-refractivity contribution in [1.82, 2.24) is 4.90 Å². The zero-order valence-corrected chi connectivity index (χ0v) is 12.2. The summed E-state index contributed by atoms with van der Waals surface area (Å²) in [4.78, 5) is 2.40. The fourth-order valence-electron chi connectivity index (χ4n) is 1.53. The van der Waals surface area contributed by atoms with Crippen molar-refractivity contribution in [2.75, 3.05) is 26.3 Å². The summed E-state index contributed by atoms with van der Waals surface area (Å²) in [6.45, 7) is 8.96. The van der Waals surface area contributed by atoms with E-state index in [1.165, 1.54) is 9.13 Å². The van der Waals surface area contributed by atoms with Gasteiger partial charge in [-0.15, -0.1) is 0 Å².